The number of hydrazone groups is 1. The van der Waals surface area contributed by atoms with Crippen LogP contribution in [-0.2, 0) is 77.8 Å². The molecule has 86 heavy (non-hydrogen) atoms. The van der Waals surface area contributed by atoms with E-state index in [1.54, 1.807) is 30.3 Å². The summed E-state index contributed by atoms with van der Waals surface area (Å²) in [7, 11) is 0. The lowest BCUT2D eigenvalue weighted by Crippen LogP contribution is -2.30. The van der Waals surface area contributed by atoms with E-state index in [-0.39, 0.29) is 102 Å². The van der Waals surface area contributed by atoms with Crippen LogP contribution in [0.25, 0.3) is 10.2 Å². The number of thiazole rings is 1. The van der Waals surface area contributed by atoms with Gasteiger partial charge in [-0.3, -0.25) is 15.0 Å². The zero-order chi connectivity index (χ0) is 61.7. The molecule has 5 rings (SSSR count). The molecule has 1 aromatic heterocycles. The molecule has 0 fully saturated rings. The Morgan fingerprint density at radius 2 is 1.12 bits per heavy atom. The zero-order valence-electron chi connectivity index (χ0n) is 47.2. The first-order valence-electron chi connectivity index (χ1n) is 27.1. The van der Waals surface area contributed by atoms with Crippen molar-refractivity contribution in [2.24, 2.45) is 5.10 Å². The van der Waals surface area contributed by atoms with E-state index >= 15 is 0 Å². The standard InChI is InChI=1S/C62H67N3O20S/c1-5-53(66)75-32-12-9-13-34-79-59(85-58(71)30-37-78-56(69)8-4)42-82-48-23-19-44(20-24-48)60(72)80-35-28-43-18-27-51(46(38-43)39-63-65-62-64-50-16-10-11-17-52(50)86-62)84-61(73)45-21-25-47(26-22-45)81-41-49(83-57(70)29-36-77-55(68)7-3)40-74-31-14-15-33-76-54(67)6-2/h5-8,10-11,16-27,38-39,49,59H,1-4,9,12-15,28-37,40-42H2,(H,64,65)/b63-39+. The number of nitrogens with one attached hydrogen (secondary N) is 1. The summed E-state index contributed by atoms with van der Waals surface area (Å²) in [4.78, 5) is 102. The van der Waals surface area contributed by atoms with Crippen molar-refractivity contribution in [3.8, 4) is 17.2 Å². The Bertz CT molecular complexity index is 3070. The van der Waals surface area contributed by atoms with Gasteiger partial charge in [0.05, 0.1) is 73.4 Å². The summed E-state index contributed by atoms with van der Waals surface area (Å²) in [6, 6.07) is 24.8. The van der Waals surface area contributed by atoms with Gasteiger partial charge in [-0.05, 0) is 110 Å². The number of carbonyl (C=O) groups excluding carboxylic acids is 8. The van der Waals surface area contributed by atoms with Crippen molar-refractivity contribution in [1.82, 2.24) is 4.98 Å². The SMILES string of the molecule is C=CC(=O)OCCCCCOC(COc1ccc(C(=O)OCCc2ccc(OC(=O)c3ccc(OCC(COCCCCOC(=O)C=C)OC(=O)CCOC(=O)C=C)cc3)c(/C=N/Nc3nc4ccccc4s3)c2)cc1)OC(=O)CCOC(=O)C=C. The summed E-state index contributed by atoms with van der Waals surface area (Å²) in [5.41, 5.74) is 5.25. The smallest absolute Gasteiger partial charge is 0.343 e. The van der Waals surface area contributed by atoms with Gasteiger partial charge in [-0.1, -0.05) is 55.9 Å². The van der Waals surface area contributed by atoms with Gasteiger partial charge in [0.25, 0.3) is 0 Å². The highest BCUT2D eigenvalue weighted by atomic mass is 32.1. The lowest BCUT2D eigenvalue weighted by Gasteiger charge is -2.19. The van der Waals surface area contributed by atoms with Crippen LogP contribution >= 0.6 is 11.3 Å². The molecule has 0 bridgehead atoms. The second-order valence-corrected chi connectivity index (χ2v) is 18.9. The third kappa shape index (κ3) is 26.0. The van der Waals surface area contributed by atoms with Gasteiger partial charge >= 0.3 is 47.8 Å². The van der Waals surface area contributed by atoms with Gasteiger partial charge in [-0.2, -0.15) is 5.10 Å². The largest absolute Gasteiger partial charge is 0.490 e. The second-order valence-electron chi connectivity index (χ2n) is 17.9. The highest BCUT2D eigenvalue weighted by Gasteiger charge is 2.20. The number of rotatable bonds is 41. The number of ether oxygens (including phenoxy) is 12. The molecule has 4 aromatic carbocycles. The van der Waals surface area contributed by atoms with Crippen LogP contribution in [0.1, 0.15) is 76.8 Å². The Labute approximate surface area is 500 Å². The minimum Gasteiger partial charge on any atom is -0.490 e. The molecule has 0 aliphatic carbocycles. The Balaban J connectivity index is 1.17. The number of carbonyl (C=O) groups is 8. The number of hydrogen-bond acceptors (Lipinski definition) is 24. The molecule has 0 aliphatic heterocycles. The van der Waals surface area contributed by atoms with Crippen molar-refractivity contribution in [3.05, 3.63) is 164 Å². The molecule has 2 unspecified atom stereocenters. The summed E-state index contributed by atoms with van der Waals surface area (Å²) >= 11 is 1.40. The minimum absolute atomic E-state index is 0.0254. The van der Waals surface area contributed by atoms with Crippen LogP contribution in [-0.4, -0.2) is 137 Å². The number of fused-ring (bicyclic) bond motifs is 1. The van der Waals surface area contributed by atoms with Gasteiger partial charge < -0.3 is 56.8 Å². The van der Waals surface area contributed by atoms with Crippen molar-refractivity contribution < 1.29 is 95.2 Å². The Kier molecular flexibility index (Phi) is 30.0. The van der Waals surface area contributed by atoms with Crippen LogP contribution in [0.4, 0.5) is 5.13 Å². The van der Waals surface area contributed by atoms with Crippen molar-refractivity contribution in [3.63, 3.8) is 0 Å². The monoisotopic (exact) mass is 1210 g/mol. The predicted molar refractivity (Wildman–Crippen MR) is 314 cm³/mol. The number of para-hydroxylation sites is 1. The van der Waals surface area contributed by atoms with E-state index in [4.69, 9.17) is 56.8 Å². The molecule has 456 valence electrons. The van der Waals surface area contributed by atoms with Gasteiger partial charge in [0.1, 0.15) is 37.1 Å². The van der Waals surface area contributed by atoms with Crippen molar-refractivity contribution in [1.29, 1.82) is 0 Å². The fourth-order valence-electron chi connectivity index (χ4n) is 7.11. The topological polar surface area (TPSA) is 285 Å². The highest BCUT2D eigenvalue weighted by molar-refractivity contribution is 7.22. The van der Waals surface area contributed by atoms with Crippen molar-refractivity contribution in [2.75, 3.05) is 71.5 Å². The number of benzene rings is 4. The minimum atomic E-state index is -1.13. The fraction of sp³-hybridized carbons (Fsp3) is 0.323. The average Bonchev–Trinajstić information content (AvgIpc) is 3.65. The molecule has 1 N–H and O–H groups in total. The molecule has 0 amide bonds. The summed E-state index contributed by atoms with van der Waals surface area (Å²) in [5.74, 6) is -4.26. The number of esters is 8. The summed E-state index contributed by atoms with van der Waals surface area (Å²) in [6.07, 6.45) is 6.25. The molecule has 23 nitrogen and oxygen atoms in total. The zero-order valence-corrected chi connectivity index (χ0v) is 48.0. The first kappa shape index (κ1) is 67.3. The average molecular weight is 1210 g/mol. The molecule has 0 radical (unpaired) electrons. The van der Waals surface area contributed by atoms with Crippen molar-refractivity contribution >= 4 is 80.7 Å². The maximum Gasteiger partial charge on any atom is 0.343 e. The third-order valence-electron chi connectivity index (χ3n) is 11.5. The summed E-state index contributed by atoms with van der Waals surface area (Å²) < 4.78 is 66.4. The lowest BCUT2D eigenvalue weighted by atomic mass is 10.1. The van der Waals surface area contributed by atoms with Gasteiger partial charge in [0.15, 0.2) is 12.7 Å². The maximum absolute atomic E-state index is 13.6. The maximum atomic E-state index is 13.6. The molecule has 0 saturated heterocycles. The van der Waals surface area contributed by atoms with Gasteiger partial charge in [-0.25, -0.2) is 33.8 Å². The normalized spacial score (nSPS) is 11.4. The van der Waals surface area contributed by atoms with Crippen molar-refractivity contribution in [2.45, 2.75) is 63.8 Å². The van der Waals surface area contributed by atoms with Crippen LogP contribution in [0.5, 0.6) is 17.2 Å². The van der Waals surface area contributed by atoms with Gasteiger partial charge in [0, 0.05) is 42.9 Å². The van der Waals surface area contributed by atoms with E-state index in [9.17, 15) is 38.4 Å². The molecule has 0 aliphatic rings. The van der Waals surface area contributed by atoms with E-state index in [0.717, 1.165) is 34.5 Å². The molecule has 1 heterocycles. The van der Waals surface area contributed by atoms with E-state index in [0.29, 0.717) is 59.9 Å². The third-order valence-corrected chi connectivity index (χ3v) is 12.4. The predicted octanol–water partition coefficient (Wildman–Crippen LogP) is 8.58. The molecule has 24 heteroatoms. The van der Waals surface area contributed by atoms with E-state index in [2.05, 4.69) is 41.8 Å². The lowest BCUT2D eigenvalue weighted by molar-refractivity contribution is -0.186. The van der Waals surface area contributed by atoms with Crippen LogP contribution < -0.4 is 19.6 Å². The molecule has 0 saturated carbocycles. The first-order valence-corrected chi connectivity index (χ1v) is 27.9. The molecule has 2 atom stereocenters. The Hall–Kier alpha value is -9.52. The number of aromatic nitrogens is 1. The molecular weight excluding hydrogens is 1140 g/mol. The molecule has 0 spiro atoms. The number of nitrogens with zero attached hydrogens (tertiary/aromatic N) is 2. The van der Waals surface area contributed by atoms with E-state index in [1.165, 1.54) is 53.9 Å². The quantitative estimate of drug-likeness (QED) is 0.00560. The highest BCUT2D eigenvalue weighted by Crippen LogP contribution is 2.26. The molecular formula is C62H67N3O20S. The van der Waals surface area contributed by atoms with Crippen LogP contribution in [0.3, 0.4) is 0 Å². The van der Waals surface area contributed by atoms with Gasteiger partial charge in [0.2, 0.25) is 11.4 Å². The molecule has 5 aromatic rings. The van der Waals surface area contributed by atoms with Gasteiger partial charge in [-0.15, -0.1) is 0 Å². The van der Waals surface area contributed by atoms with Crippen LogP contribution in [0.15, 0.2) is 147 Å². The second kappa shape index (κ2) is 38.4. The first-order chi connectivity index (χ1) is 41.7. The van der Waals surface area contributed by atoms with E-state index in [1.807, 2.05) is 24.3 Å². The number of anilines is 1. The number of hydrogen-bond donors (Lipinski definition) is 1. The fourth-order valence-corrected chi connectivity index (χ4v) is 7.92. The summed E-state index contributed by atoms with van der Waals surface area (Å²) in [5, 5.41) is 4.92. The Morgan fingerprint density at radius 3 is 1.74 bits per heavy atom. The van der Waals surface area contributed by atoms with Crippen LogP contribution in [0, 0.1) is 0 Å². The van der Waals surface area contributed by atoms with E-state index < -0.39 is 60.1 Å². The number of unbranched alkanes of at least 4 members (excludes halogenated alkanes) is 3. The summed E-state index contributed by atoms with van der Waals surface area (Å²) in [6.45, 7) is 13.4. The van der Waals surface area contributed by atoms with Crippen LogP contribution in [0.2, 0.25) is 0 Å². The Morgan fingerprint density at radius 1 is 0.558 bits per heavy atom.